The molecular weight excluding hydrogens is 300 g/mol. The largest absolute Gasteiger partial charge is 0.398 e. The Morgan fingerprint density at radius 3 is 2.50 bits per heavy atom. The zero-order valence-corrected chi connectivity index (χ0v) is 12.4. The monoisotopic (exact) mass is 314 g/mol. The number of nitrogens with two attached hydrogens (primary N) is 2. The molecule has 5 N–H and O–H groups in total. The smallest absolute Gasteiger partial charge is 0.234 e. The standard InChI is InChI=1S/C15H15ClN6/c16-13-7-5-11(6-8-13)9-19-21-15(18)22-20-10-12-3-1-2-4-14(12)17/h1-10H,17H2,(H3,18,21,22)/b19-9+,20-10+. The van der Waals surface area contributed by atoms with Gasteiger partial charge in [-0.25, -0.2) is 5.43 Å². The topological polar surface area (TPSA) is 101 Å². The van der Waals surface area contributed by atoms with E-state index in [4.69, 9.17) is 23.1 Å². The van der Waals surface area contributed by atoms with Crippen molar-refractivity contribution in [3.8, 4) is 0 Å². The van der Waals surface area contributed by atoms with Crippen molar-refractivity contribution in [3.63, 3.8) is 0 Å². The summed E-state index contributed by atoms with van der Waals surface area (Å²) in [6.07, 6.45) is 3.12. The van der Waals surface area contributed by atoms with E-state index in [0.717, 1.165) is 11.1 Å². The average Bonchev–Trinajstić information content (AvgIpc) is 2.51. The van der Waals surface area contributed by atoms with Crippen LogP contribution in [0.25, 0.3) is 0 Å². The number of guanidine groups is 1. The Labute approximate surface area is 133 Å². The van der Waals surface area contributed by atoms with E-state index < -0.39 is 0 Å². The molecule has 0 atom stereocenters. The summed E-state index contributed by atoms with van der Waals surface area (Å²) in [5, 5.41) is 12.2. The maximum absolute atomic E-state index is 5.79. The summed E-state index contributed by atoms with van der Waals surface area (Å²) in [5.41, 5.74) is 16.2. The van der Waals surface area contributed by atoms with Crippen LogP contribution in [0, 0.1) is 0 Å². The minimum Gasteiger partial charge on any atom is -0.398 e. The summed E-state index contributed by atoms with van der Waals surface area (Å²) in [6.45, 7) is 0. The Hall–Kier alpha value is -2.86. The fourth-order valence-corrected chi connectivity index (χ4v) is 1.65. The van der Waals surface area contributed by atoms with Crippen molar-refractivity contribution in [3.05, 3.63) is 64.7 Å². The number of nitrogens with one attached hydrogen (secondary N) is 1. The van der Waals surface area contributed by atoms with Gasteiger partial charge in [-0.05, 0) is 23.8 Å². The molecule has 0 unspecified atom stereocenters. The molecular formula is C15H15ClN6. The molecule has 22 heavy (non-hydrogen) atoms. The number of para-hydroxylation sites is 1. The lowest BCUT2D eigenvalue weighted by Crippen LogP contribution is -2.26. The summed E-state index contributed by atoms with van der Waals surface area (Å²) >= 11 is 5.79. The number of nitrogens with zero attached hydrogens (tertiary/aromatic N) is 3. The summed E-state index contributed by atoms with van der Waals surface area (Å²) in [5.74, 6) is 0.0657. The molecule has 0 aliphatic carbocycles. The molecule has 0 spiro atoms. The predicted octanol–water partition coefficient (Wildman–Crippen LogP) is 2.19. The number of hydrogen-bond acceptors (Lipinski definition) is 4. The third kappa shape index (κ3) is 4.92. The zero-order chi connectivity index (χ0) is 15.8. The van der Waals surface area contributed by atoms with Crippen LogP contribution in [0.1, 0.15) is 11.1 Å². The molecule has 0 radical (unpaired) electrons. The Balaban J connectivity index is 1.90. The first-order valence-electron chi connectivity index (χ1n) is 6.41. The fraction of sp³-hybridized carbons (Fsp3) is 0. The number of hydrogen-bond donors (Lipinski definition) is 3. The van der Waals surface area contributed by atoms with Crippen molar-refractivity contribution in [2.45, 2.75) is 0 Å². The van der Waals surface area contributed by atoms with Crippen LogP contribution in [0.3, 0.4) is 0 Å². The molecule has 7 heteroatoms. The van der Waals surface area contributed by atoms with Crippen molar-refractivity contribution in [2.24, 2.45) is 21.0 Å². The molecule has 112 valence electrons. The molecule has 0 heterocycles. The van der Waals surface area contributed by atoms with Crippen LogP contribution in [0.15, 0.2) is 63.8 Å². The van der Waals surface area contributed by atoms with Gasteiger partial charge in [0.1, 0.15) is 0 Å². The number of halogens is 1. The van der Waals surface area contributed by atoms with Crippen LogP contribution in [0.2, 0.25) is 5.02 Å². The molecule has 0 aromatic heterocycles. The Morgan fingerprint density at radius 1 is 1.05 bits per heavy atom. The summed E-state index contributed by atoms with van der Waals surface area (Å²) < 4.78 is 0. The van der Waals surface area contributed by atoms with Crippen LogP contribution in [0.4, 0.5) is 5.69 Å². The molecule has 2 aromatic rings. The molecule has 0 aliphatic heterocycles. The van der Waals surface area contributed by atoms with Gasteiger partial charge >= 0.3 is 0 Å². The fourth-order valence-electron chi connectivity index (χ4n) is 1.53. The van der Waals surface area contributed by atoms with Crippen LogP contribution < -0.4 is 16.9 Å². The maximum Gasteiger partial charge on any atom is 0.234 e. The highest BCUT2D eigenvalue weighted by Gasteiger charge is 1.92. The van der Waals surface area contributed by atoms with Gasteiger partial charge in [0.15, 0.2) is 0 Å². The number of hydrazone groups is 1. The predicted molar refractivity (Wildman–Crippen MR) is 92.3 cm³/mol. The summed E-state index contributed by atoms with van der Waals surface area (Å²) in [7, 11) is 0. The van der Waals surface area contributed by atoms with E-state index in [1.807, 2.05) is 30.3 Å². The maximum atomic E-state index is 5.79. The Kier molecular flexibility index (Phi) is 5.50. The number of nitrogen functional groups attached to an aromatic ring is 1. The molecule has 6 nitrogen and oxygen atoms in total. The van der Waals surface area contributed by atoms with Crippen LogP contribution in [-0.4, -0.2) is 18.4 Å². The van der Waals surface area contributed by atoms with Crippen molar-refractivity contribution in [1.29, 1.82) is 0 Å². The highest BCUT2D eigenvalue weighted by atomic mass is 35.5. The Bertz CT molecular complexity index is 706. The molecule has 2 rings (SSSR count). The van der Waals surface area contributed by atoms with Crippen molar-refractivity contribution in [2.75, 3.05) is 5.73 Å². The van der Waals surface area contributed by atoms with E-state index in [1.165, 1.54) is 6.21 Å². The lowest BCUT2D eigenvalue weighted by atomic mass is 10.2. The minimum absolute atomic E-state index is 0.0657. The van der Waals surface area contributed by atoms with Gasteiger partial charge in [-0.2, -0.15) is 10.2 Å². The van der Waals surface area contributed by atoms with Gasteiger partial charge in [-0.3, -0.25) is 0 Å². The summed E-state index contributed by atoms with van der Waals surface area (Å²) in [6, 6.07) is 14.5. The van der Waals surface area contributed by atoms with Crippen molar-refractivity contribution >= 4 is 35.7 Å². The van der Waals surface area contributed by atoms with E-state index >= 15 is 0 Å². The lowest BCUT2D eigenvalue weighted by molar-refractivity contribution is 0.994. The highest BCUT2D eigenvalue weighted by molar-refractivity contribution is 6.30. The molecule has 0 amide bonds. The van der Waals surface area contributed by atoms with Crippen LogP contribution in [0.5, 0.6) is 0 Å². The van der Waals surface area contributed by atoms with Crippen molar-refractivity contribution in [1.82, 2.24) is 5.43 Å². The number of benzene rings is 2. The second-order valence-corrected chi connectivity index (χ2v) is 4.72. The number of anilines is 1. The third-order valence-corrected chi connectivity index (χ3v) is 2.87. The van der Waals surface area contributed by atoms with Gasteiger partial charge in [0, 0.05) is 16.3 Å². The first kappa shape index (κ1) is 15.5. The quantitative estimate of drug-likeness (QED) is 0.349. The molecule has 0 aliphatic rings. The molecule has 0 saturated carbocycles. The van der Waals surface area contributed by atoms with E-state index in [0.29, 0.717) is 10.7 Å². The van der Waals surface area contributed by atoms with E-state index in [-0.39, 0.29) is 5.96 Å². The van der Waals surface area contributed by atoms with Crippen LogP contribution >= 0.6 is 11.6 Å². The first-order chi connectivity index (χ1) is 10.6. The first-order valence-corrected chi connectivity index (χ1v) is 6.78. The minimum atomic E-state index is 0.0657. The Morgan fingerprint density at radius 2 is 1.77 bits per heavy atom. The van der Waals surface area contributed by atoms with Gasteiger partial charge < -0.3 is 11.5 Å². The second-order valence-electron chi connectivity index (χ2n) is 4.28. The van der Waals surface area contributed by atoms with E-state index in [1.54, 1.807) is 24.4 Å². The highest BCUT2D eigenvalue weighted by Crippen LogP contribution is 2.08. The van der Waals surface area contributed by atoms with Gasteiger partial charge in [-0.15, -0.1) is 5.10 Å². The SMILES string of the molecule is NC(=N/N=C/c1ccccc1N)N/N=C/c1ccc(Cl)cc1. The zero-order valence-electron chi connectivity index (χ0n) is 11.6. The molecule has 2 aromatic carbocycles. The van der Waals surface area contributed by atoms with E-state index in [2.05, 4.69) is 20.7 Å². The average molecular weight is 315 g/mol. The molecule has 0 fully saturated rings. The third-order valence-electron chi connectivity index (χ3n) is 2.62. The molecule has 0 saturated heterocycles. The summed E-state index contributed by atoms with van der Waals surface area (Å²) in [4.78, 5) is 0. The van der Waals surface area contributed by atoms with Gasteiger partial charge in [0.2, 0.25) is 5.96 Å². The van der Waals surface area contributed by atoms with Gasteiger partial charge in [0.25, 0.3) is 0 Å². The van der Waals surface area contributed by atoms with Crippen LogP contribution in [-0.2, 0) is 0 Å². The normalized spacial score (nSPS) is 12.1. The lowest BCUT2D eigenvalue weighted by Gasteiger charge is -1.98. The van der Waals surface area contributed by atoms with Crippen molar-refractivity contribution < 1.29 is 0 Å². The van der Waals surface area contributed by atoms with E-state index in [9.17, 15) is 0 Å². The second kappa shape index (κ2) is 7.80. The van der Waals surface area contributed by atoms with Gasteiger partial charge in [-0.1, -0.05) is 41.9 Å². The number of rotatable bonds is 4. The van der Waals surface area contributed by atoms with Gasteiger partial charge in [0.05, 0.1) is 12.4 Å². The molecule has 0 bridgehead atoms.